The fraction of sp³-hybridized carbons (Fsp3) is 0. The van der Waals surface area contributed by atoms with Gasteiger partial charge in [0.25, 0.3) is 0 Å². The molecule has 0 bridgehead atoms. The Kier molecular flexibility index (Phi) is 4.38. The predicted octanol–water partition coefficient (Wildman–Crippen LogP) is 3.58. The Labute approximate surface area is 157 Å². The molecule has 4 rings (SSSR count). The Bertz CT molecular complexity index is 1210. The monoisotopic (exact) mass is 376 g/mol. The topological polar surface area (TPSA) is 109 Å². The Morgan fingerprint density at radius 1 is 0.929 bits per heavy atom. The van der Waals surface area contributed by atoms with Crippen LogP contribution < -0.4 is 15.0 Å². The van der Waals surface area contributed by atoms with E-state index in [2.05, 4.69) is 9.97 Å². The van der Waals surface area contributed by atoms with Crippen LogP contribution in [0.5, 0.6) is 23.3 Å². The molecule has 0 saturated heterocycles. The molecule has 0 saturated carbocycles. The Morgan fingerprint density at radius 2 is 1.64 bits per heavy atom. The van der Waals surface area contributed by atoms with Gasteiger partial charge in [-0.2, -0.15) is 4.98 Å². The van der Waals surface area contributed by atoms with Gasteiger partial charge in [-0.15, -0.1) is 0 Å². The number of rotatable bonds is 5. The second kappa shape index (κ2) is 7.16. The van der Waals surface area contributed by atoms with Crippen molar-refractivity contribution in [2.45, 2.75) is 0 Å². The molecule has 28 heavy (non-hydrogen) atoms. The molecule has 4 aromatic rings. The van der Waals surface area contributed by atoms with E-state index in [-0.39, 0.29) is 17.3 Å². The number of hydrogen-bond donors (Lipinski definition) is 0. The molecule has 0 spiro atoms. The standard InChI is InChI=1S/C19H12N4O5/c24-19-17(23(25)26)18(21-15-5-2-4-12-22(15)19)28-14-9-7-13(8-10-14)27-16-6-1-3-11-20-16/h1-12H. The number of nitrogens with zero attached hydrogens (tertiary/aromatic N) is 4. The molecule has 138 valence electrons. The zero-order valence-corrected chi connectivity index (χ0v) is 14.3. The van der Waals surface area contributed by atoms with E-state index < -0.39 is 16.2 Å². The fourth-order valence-electron chi connectivity index (χ4n) is 2.50. The molecule has 0 amide bonds. The number of nitro groups is 1. The molecule has 9 nitrogen and oxygen atoms in total. The maximum atomic E-state index is 12.4. The molecule has 0 aliphatic rings. The first-order chi connectivity index (χ1) is 13.6. The number of pyridine rings is 2. The smallest absolute Gasteiger partial charge is 0.396 e. The van der Waals surface area contributed by atoms with E-state index in [1.54, 1.807) is 66.9 Å². The lowest BCUT2D eigenvalue weighted by Crippen LogP contribution is -2.19. The second-order valence-electron chi connectivity index (χ2n) is 5.60. The van der Waals surface area contributed by atoms with Crippen molar-refractivity contribution in [3.63, 3.8) is 0 Å². The van der Waals surface area contributed by atoms with Crippen LogP contribution in [0.25, 0.3) is 5.65 Å². The molecular formula is C19H12N4O5. The maximum absolute atomic E-state index is 12.4. The molecule has 0 aliphatic heterocycles. The SMILES string of the molecule is O=c1c([N+](=O)[O-])c(Oc2ccc(Oc3ccccn3)cc2)nc2ccccn12. The van der Waals surface area contributed by atoms with Crippen molar-refractivity contribution < 1.29 is 14.4 Å². The molecule has 0 unspecified atom stereocenters. The predicted molar refractivity (Wildman–Crippen MR) is 98.9 cm³/mol. The van der Waals surface area contributed by atoms with E-state index in [0.717, 1.165) is 4.40 Å². The third kappa shape index (κ3) is 3.36. The molecule has 3 heterocycles. The number of aromatic nitrogens is 3. The number of ether oxygens (including phenoxy) is 2. The largest absolute Gasteiger partial charge is 0.439 e. The summed E-state index contributed by atoms with van der Waals surface area (Å²) in [4.78, 5) is 31.1. The summed E-state index contributed by atoms with van der Waals surface area (Å²) in [6.07, 6.45) is 3.01. The third-order valence-electron chi connectivity index (χ3n) is 3.76. The van der Waals surface area contributed by atoms with Gasteiger partial charge in [-0.3, -0.25) is 19.3 Å². The number of benzene rings is 1. The second-order valence-corrected chi connectivity index (χ2v) is 5.60. The van der Waals surface area contributed by atoms with Crippen LogP contribution >= 0.6 is 0 Å². The average molecular weight is 376 g/mol. The minimum absolute atomic E-state index is 0.239. The summed E-state index contributed by atoms with van der Waals surface area (Å²) in [5.74, 6) is 0.825. The summed E-state index contributed by atoms with van der Waals surface area (Å²) >= 11 is 0. The summed E-state index contributed by atoms with van der Waals surface area (Å²) in [5.41, 5.74) is -1.32. The first-order valence-corrected chi connectivity index (χ1v) is 8.14. The Morgan fingerprint density at radius 3 is 2.32 bits per heavy atom. The average Bonchev–Trinajstić information content (AvgIpc) is 2.70. The first kappa shape index (κ1) is 17.2. The van der Waals surface area contributed by atoms with Crippen LogP contribution in [0.1, 0.15) is 0 Å². The number of fused-ring (bicyclic) bond motifs is 1. The van der Waals surface area contributed by atoms with E-state index in [4.69, 9.17) is 9.47 Å². The molecular weight excluding hydrogens is 364 g/mol. The van der Waals surface area contributed by atoms with E-state index in [1.165, 1.54) is 6.20 Å². The fourth-order valence-corrected chi connectivity index (χ4v) is 2.50. The van der Waals surface area contributed by atoms with Gasteiger partial charge in [-0.1, -0.05) is 12.1 Å². The van der Waals surface area contributed by atoms with Crippen molar-refractivity contribution >= 4 is 11.3 Å². The molecule has 0 fully saturated rings. The molecule has 1 aromatic carbocycles. The van der Waals surface area contributed by atoms with Gasteiger partial charge in [0.05, 0.1) is 4.92 Å². The maximum Gasteiger partial charge on any atom is 0.396 e. The van der Waals surface area contributed by atoms with E-state index in [0.29, 0.717) is 11.6 Å². The lowest BCUT2D eigenvalue weighted by Gasteiger charge is -2.08. The highest BCUT2D eigenvalue weighted by Crippen LogP contribution is 2.29. The van der Waals surface area contributed by atoms with Crippen LogP contribution in [0.2, 0.25) is 0 Å². The van der Waals surface area contributed by atoms with Gasteiger partial charge in [0.1, 0.15) is 17.1 Å². The molecule has 0 N–H and O–H groups in total. The third-order valence-corrected chi connectivity index (χ3v) is 3.76. The van der Waals surface area contributed by atoms with Gasteiger partial charge in [0, 0.05) is 18.5 Å². The van der Waals surface area contributed by atoms with Crippen LogP contribution in [0.4, 0.5) is 5.69 Å². The molecule has 0 aliphatic carbocycles. The summed E-state index contributed by atoms with van der Waals surface area (Å²) in [7, 11) is 0. The minimum atomic E-state index is -0.819. The summed E-state index contributed by atoms with van der Waals surface area (Å²) in [5, 5.41) is 11.4. The van der Waals surface area contributed by atoms with Crippen molar-refractivity contribution in [3.8, 4) is 23.3 Å². The van der Waals surface area contributed by atoms with Crippen molar-refractivity contribution in [2.24, 2.45) is 0 Å². The summed E-state index contributed by atoms with van der Waals surface area (Å²) in [6.45, 7) is 0. The minimum Gasteiger partial charge on any atom is -0.439 e. The van der Waals surface area contributed by atoms with Gasteiger partial charge in [-0.05, 0) is 42.5 Å². The van der Waals surface area contributed by atoms with Crippen LogP contribution in [-0.2, 0) is 0 Å². The van der Waals surface area contributed by atoms with Crippen LogP contribution in [-0.4, -0.2) is 19.3 Å². The van der Waals surface area contributed by atoms with Crippen molar-refractivity contribution in [3.05, 3.63) is 93.5 Å². The summed E-state index contributed by atoms with van der Waals surface area (Å²) in [6, 6.07) is 16.4. The lowest BCUT2D eigenvalue weighted by atomic mass is 10.3. The molecule has 3 aromatic heterocycles. The van der Waals surface area contributed by atoms with Crippen LogP contribution in [0.15, 0.2) is 77.9 Å². The van der Waals surface area contributed by atoms with Gasteiger partial charge >= 0.3 is 17.1 Å². The highest BCUT2D eigenvalue weighted by molar-refractivity contribution is 5.50. The van der Waals surface area contributed by atoms with Crippen molar-refractivity contribution in [1.82, 2.24) is 14.4 Å². The van der Waals surface area contributed by atoms with Crippen LogP contribution in [0, 0.1) is 10.1 Å². The lowest BCUT2D eigenvalue weighted by molar-refractivity contribution is -0.387. The van der Waals surface area contributed by atoms with Crippen molar-refractivity contribution in [2.75, 3.05) is 0 Å². The molecule has 0 atom stereocenters. The quantitative estimate of drug-likeness (QED) is 0.387. The van der Waals surface area contributed by atoms with Gasteiger partial charge in [0.2, 0.25) is 5.88 Å². The van der Waals surface area contributed by atoms with Gasteiger partial charge < -0.3 is 9.47 Å². The van der Waals surface area contributed by atoms with Gasteiger partial charge in [-0.25, -0.2) is 4.98 Å². The number of hydrogen-bond acceptors (Lipinski definition) is 7. The highest BCUT2D eigenvalue weighted by atomic mass is 16.6. The van der Waals surface area contributed by atoms with E-state index in [1.807, 2.05) is 0 Å². The van der Waals surface area contributed by atoms with Crippen LogP contribution in [0.3, 0.4) is 0 Å². The summed E-state index contributed by atoms with van der Waals surface area (Å²) < 4.78 is 12.2. The first-order valence-electron chi connectivity index (χ1n) is 8.14. The van der Waals surface area contributed by atoms with E-state index in [9.17, 15) is 14.9 Å². The zero-order valence-electron chi connectivity index (χ0n) is 14.3. The molecule has 0 radical (unpaired) electrons. The van der Waals surface area contributed by atoms with E-state index >= 15 is 0 Å². The molecule has 9 heteroatoms. The highest BCUT2D eigenvalue weighted by Gasteiger charge is 2.25. The normalized spacial score (nSPS) is 10.6. The van der Waals surface area contributed by atoms with Gasteiger partial charge in [0.15, 0.2) is 0 Å². The Balaban J connectivity index is 1.65. The zero-order chi connectivity index (χ0) is 19.5. The van der Waals surface area contributed by atoms with Crippen molar-refractivity contribution in [1.29, 1.82) is 0 Å². The Hall–Kier alpha value is -4.27.